The Morgan fingerprint density at radius 1 is 1.53 bits per heavy atom. The van der Waals surface area contributed by atoms with Crippen LogP contribution >= 0.6 is 0 Å². The van der Waals surface area contributed by atoms with Crippen LogP contribution in [0.5, 0.6) is 0 Å². The lowest BCUT2D eigenvalue weighted by Gasteiger charge is -2.17. The maximum absolute atomic E-state index is 11.5. The zero-order valence-electron chi connectivity index (χ0n) is 8.52. The average molecular weight is 211 g/mol. The van der Waals surface area contributed by atoms with Gasteiger partial charge in [0, 0.05) is 6.20 Å². The second kappa shape index (κ2) is 4.59. The molecule has 0 aliphatic carbocycles. The molecule has 0 aromatic carbocycles. The summed E-state index contributed by atoms with van der Waals surface area (Å²) in [7, 11) is 0. The number of carboxylic acids is 1. The Bertz CT molecular complexity index is 345. The number of nitrogens with zero attached hydrogens (tertiary/aromatic N) is 1. The molecule has 0 unspecified atom stereocenters. The van der Waals surface area contributed by atoms with Gasteiger partial charge in [-0.3, -0.25) is 9.89 Å². The molecule has 82 valence electrons. The van der Waals surface area contributed by atoms with Crippen LogP contribution in [-0.2, 0) is 4.79 Å². The van der Waals surface area contributed by atoms with E-state index in [1.807, 2.05) is 0 Å². The van der Waals surface area contributed by atoms with Crippen LogP contribution < -0.4 is 5.32 Å². The number of amides is 1. The largest absolute Gasteiger partial charge is 0.480 e. The number of aromatic nitrogens is 2. The van der Waals surface area contributed by atoms with Crippen molar-refractivity contribution in [3.8, 4) is 0 Å². The fraction of sp³-hybridized carbons (Fsp3) is 0.444. The second-order valence-corrected chi connectivity index (χ2v) is 3.52. The normalized spacial score (nSPS) is 12.5. The lowest BCUT2D eigenvalue weighted by atomic mass is 10.0. The van der Waals surface area contributed by atoms with Gasteiger partial charge in [0.25, 0.3) is 5.91 Å². The third-order valence-electron chi connectivity index (χ3n) is 1.98. The summed E-state index contributed by atoms with van der Waals surface area (Å²) in [5.74, 6) is -1.65. The third kappa shape index (κ3) is 2.80. The fourth-order valence-corrected chi connectivity index (χ4v) is 1.11. The summed E-state index contributed by atoms with van der Waals surface area (Å²) in [5.41, 5.74) is 0.321. The van der Waals surface area contributed by atoms with Crippen LogP contribution in [0.2, 0.25) is 0 Å². The van der Waals surface area contributed by atoms with Crippen molar-refractivity contribution < 1.29 is 14.7 Å². The van der Waals surface area contributed by atoms with Gasteiger partial charge in [0.15, 0.2) is 0 Å². The van der Waals surface area contributed by atoms with Crippen molar-refractivity contribution in [3.05, 3.63) is 18.0 Å². The highest BCUT2D eigenvalue weighted by atomic mass is 16.4. The Hall–Kier alpha value is -1.85. The van der Waals surface area contributed by atoms with Crippen molar-refractivity contribution >= 4 is 11.9 Å². The van der Waals surface area contributed by atoms with Gasteiger partial charge >= 0.3 is 5.97 Å². The molecular formula is C9H13N3O3. The number of H-pyrrole nitrogens is 1. The van der Waals surface area contributed by atoms with Gasteiger partial charge < -0.3 is 10.4 Å². The molecule has 0 saturated carbocycles. The minimum absolute atomic E-state index is 0.168. The quantitative estimate of drug-likeness (QED) is 0.665. The van der Waals surface area contributed by atoms with Gasteiger partial charge in [-0.1, -0.05) is 13.8 Å². The van der Waals surface area contributed by atoms with E-state index in [2.05, 4.69) is 15.5 Å². The Morgan fingerprint density at radius 3 is 2.60 bits per heavy atom. The minimum atomic E-state index is -1.04. The average Bonchev–Trinajstić information content (AvgIpc) is 2.65. The van der Waals surface area contributed by atoms with Crippen molar-refractivity contribution in [1.82, 2.24) is 15.5 Å². The molecule has 0 bridgehead atoms. The zero-order chi connectivity index (χ0) is 11.4. The van der Waals surface area contributed by atoms with Gasteiger partial charge in [-0.25, -0.2) is 4.79 Å². The van der Waals surface area contributed by atoms with Crippen LogP contribution in [-0.4, -0.2) is 33.2 Å². The molecule has 6 heteroatoms. The number of nitrogens with one attached hydrogen (secondary N) is 2. The highest BCUT2D eigenvalue weighted by Crippen LogP contribution is 2.03. The van der Waals surface area contributed by atoms with Gasteiger partial charge in [-0.15, -0.1) is 0 Å². The van der Waals surface area contributed by atoms with E-state index in [1.165, 1.54) is 12.4 Å². The smallest absolute Gasteiger partial charge is 0.326 e. The number of aliphatic carboxylic acids is 1. The maximum atomic E-state index is 11.5. The zero-order valence-corrected chi connectivity index (χ0v) is 8.52. The maximum Gasteiger partial charge on any atom is 0.326 e. The highest BCUT2D eigenvalue weighted by Gasteiger charge is 2.23. The summed E-state index contributed by atoms with van der Waals surface area (Å²) in [6, 6.07) is -0.882. The summed E-state index contributed by atoms with van der Waals surface area (Å²) >= 11 is 0. The number of aromatic amines is 1. The van der Waals surface area contributed by atoms with Crippen molar-refractivity contribution in [1.29, 1.82) is 0 Å². The molecule has 3 N–H and O–H groups in total. The van der Waals surface area contributed by atoms with Crippen LogP contribution in [0, 0.1) is 5.92 Å². The monoisotopic (exact) mass is 211 g/mol. The molecule has 0 aliphatic rings. The van der Waals surface area contributed by atoms with Crippen molar-refractivity contribution in [3.63, 3.8) is 0 Å². The molecule has 0 aliphatic heterocycles. The molecule has 6 nitrogen and oxygen atoms in total. The number of carbonyl (C=O) groups is 2. The van der Waals surface area contributed by atoms with Gasteiger partial charge in [-0.2, -0.15) is 5.10 Å². The molecule has 1 rings (SSSR count). The van der Waals surface area contributed by atoms with E-state index in [1.54, 1.807) is 13.8 Å². The summed E-state index contributed by atoms with van der Waals surface area (Å²) < 4.78 is 0. The van der Waals surface area contributed by atoms with E-state index in [-0.39, 0.29) is 5.92 Å². The molecule has 1 aromatic heterocycles. The Labute approximate surface area is 86.7 Å². The predicted molar refractivity (Wildman–Crippen MR) is 52.3 cm³/mol. The summed E-state index contributed by atoms with van der Waals surface area (Å²) in [5, 5.41) is 17.4. The summed E-state index contributed by atoms with van der Waals surface area (Å²) in [6.07, 6.45) is 2.75. The summed E-state index contributed by atoms with van der Waals surface area (Å²) in [6.45, 7) is 3.46. The van der Waals surface area contributed by atoms with E-state index < -0.39 is 17.9 Å². The first-order chi connectivity index (χ1) is 7.02. The number of carboxylic acid groups (broad SMARTS) is 1. The van der Waals surface area contributed by atoms with E-state index in [0.717, 1.165) is 0 Å². The third-order valence-corrected chi connectivity index (χ3v) is 1.98. The Morgan fingerprint density at radius 2 is 2.20 bits per heavy atom. The minimum Gasteiger partial charge on any atom is -0.480 e. The second-order valence-electron chi connectivity index (χ2n) is 3.52. The van der Waals surface area contributed by atoms with E-state index in [0.29, 0.717) is 5.56 Å². The van der Waals surface area contributed by atoms with Crippen molar-refractivity contribution in [2.45, 2.75) is 19.9 Å². The van der Waals surface area contributed by atoms with E-state index >= 15 is 0 Å². The predicted octanol–water partition coefficient (Wildman–Crippen LogP) is 0.249. The first kappa shape index (κ1) is 11.2. The molecule has 15 heavy (non-hydrogen) atoms. The van der Waals surface area contributed by atoms with Gasteiger partial charge in [0.2, 0.25) is 0 Å². The highest BCUT2D eigenvalue weighted by molar-refractivity contribution is 5.96. The lowest BCUT2D eigenvalue weighted by molar-refractivity contribution is -0.140. The molecule has 1 amide bonds. The van der Waals surface area contributed by atoms with Crippen LogP contribution in [0.25, 0.3) is 0 Å². The van der Waals surface area contributed by atoms with E-state index in [4.69, 9.17) is 5.11 Å². The lowest BCUT2D eigenvalue weighted by Crippen LogP contribution is -2.44. The molecule has 0 fully saturated rings. The van der Waals surface area contributed by atoms with Gasteiger partial charge in [0.1, 0.15) is 6.04 Å². The summed E-state index contributed by atoms with van der Waals surface area (Å²) in [4.78, 5) is 22.3. The first-order valence-corrected chi connectivity index (χ1v) is 4.55. The number of carbonyl (C=O) groups excluding carboxylic acids is 1. The molecule has 0 radical (unpaired) electrons. The van der Waals surface area contributed by atoms with E-state index in [9.17, 15) is 9.59 Å². The Balaban J connectivity index is 2.67. The number of hydrogen-bond donors (Lipinski definition) is 3. The molecule has 1 atom stereocenters. The van der Waals surface area contributed by atoms with Gasteiger partial charge in [0.05, 0.1) is 11.8 Å². The van der Waals surface area contributed by atoms with Crippen LogP contribution in [0.4, 0.5) is 0 Å². The van der Waals surface area contributed by atoms with Crippen LogP contribution in [0.1, 0.15) is 24.2 Å². The van der Waals surface area contributed by atoms with Crippen molar-refractivity contribution in [2.75, 3.05) is 0 Å². The molecule has 1 heterocycles. The SMILES string of the molecule is CC(C)[C@@H](NC(=O)c1cn[nH]c1)C(=O)O. The standard InChI is InChI=1S/C9H13N3O3/c1-5(2)7(9(14)15)12-8(13)6-3-10-11-4-6/h3-5,7H,1-2H3,(H,10,11)(H,12,13)(H,14,15)/t7-/m1/s1. The van der Waals surface area contributed by atoms with Gasteiger partial charge in [-0.05, 0) is 5.92 Å². The fourth-order valence-electron chi connectivity index (χ4n) is 1.11. The number of rotatable bonds is 4. The molecule has 0 spiro atoms. The van der Waals surface area contributed by atoms with Crippen LogP contribution in [0.3, 0.4) is 0 Å². The molecular weight excluding hydrogens is 198 g/mol. The molecule has 1 aromatic rings. The van der Waals surface area contributed by atoms with Crippen molar-refractivity contribution in [2.24, 2.45) is 5.92 Å². The topological polar surface area (TPSA) is 95.1 Å². The number of hydrogen-bond acceptors (Lipinski definition) is 3. The first-order valence-electron chi connectivity index (χ1n) is 4.55. The Kier molecular flexibility index (Phi) is 3.43. The van der Waals surface area contributed by atoms with Crippen LogP contribution in [0.15, 0.2) is 12.4 Å². The molecule has 0 saturated heterocycles.